The van der Waals surface area contributed by atoms with Gasteiger partial charge in [0, 0.05) is 13.2 Å². The van der Waals surface area contributed by atoms with E-state index >= 15 is 0 Å². The summed E-state index contributed by atoms with van der Waals surface area (Å²) < 4.78 is 47.0. The first kappa shape index (κ1) is 59.9. The molecule has 374 valence electrons. The minimum Gasteiger partial charge on any atom is -0.456 e. The maximum atomic E-state index is 13.8. The van der Waals surface area contributed by atoms with Crippen molar-refractivity contribution in [3.63, 3.8) is 0 Å². The summed E-state index contributed by atoms with van der Waals surface area (Å²) in [6.45, 7) is 14.9. The number of esters is 2. The van der Waals surface area contributed by atoms with Crippen LogP contribution in [0.15, 0.2) is 24.3 Å². The van der Waals surface area contributed by atoms with Gasteiger partial charge in [0.25, 0.3) is 0 Å². The Labute approximate surface area is 392 Å². The fourth-order valence-corrected chi connectivity index (χ4v) is 7.56. The predicted molar refractivity (Wildman–Crippen MR) is 262 cm³/mol. The molecule has 0 saturated carbocycles. The quantitative estimate of drug-likeness (QED) is 0.0463. The molecule has 0 aliphatic carbocycles. The Hall–Kier alpha value is -2.08. The third-order valence-corrected chi connectivity index (χ3v) is 11.6. The van der Waals surface area contributed by atoms with Crippen molar-refractivity contribution in [1.82, 2.24) is 0 Å². The van der Waals surface area contributed by atoms with E-state index in [9.17, 15) is 9.59 Å². The zero-order valence-corrected chi connectivity index (χ0v) is 41.8. The molecule has 10 nitrogen and oxygen atoms in total. The average molecular weight is 907 g/mol. The van der Waals surface area contributed by atoms with Crippen molar-refractivity contribution >= 4 is 11.9 Å². The Bertz CT molecular complexity index is 1060. The second-order valence-corrected chi connectivity index (χ2v) is 17.6. The third kappa shape index (κ3) is 37.1. The van der Waals surface area contributed by atoms with Gasteiger partial charge >= 0.3 is 11.9 Å². The van der Waals surface area contributed by atoms with Crippen molar-refractivity contribution in [1.29, 1.82) is 0 Å². The Morgan fingerprint density at radius 3 is 0.938 bits per heavy atom. The van der Waals surface area contributed by atoms with Crippen LogP contribution < -0.4 is 0 Å². The van der Waals surface area contributed by atoms with Crippen molar-refractivity contribution in [2.75, 3.05) is 79.3 Å². The molecule has 10 heteroatoms. The molecule has 0 amide bonds. The van der Waals surface area contributed by atoms with E-state index in [2.05, 4.69) is 27.7 Å². The van der Waals surface area contributed by atoms with Gasteiger partial charge < -0.3 is 37.9 Å². The molecule has 1 aromatic rings. The summed E-state index contributed by atoms with van der Waals surface area (Å²) in [7, 11) is 0. The van der Waals surface area contributed by atoms with Gasteiger partial charge in [0.1, 0.15) is 12.2 Å². The van der Waals surface area contributed by atoms with Gasteiger partial charge in [-0.25, -0.2) is 9.59 Å². The molecule has 0 N–H and O–H groups in total. The summed E-state index contributed by atoms with van der Waals surface area (Å²) in [5.41, 5.74) is 0.393. The molecule has 0 aliphatic rings. The average Bonchev–Trinajstić information content (AvgIpc) is 3.30. The molecule has 0 heterocycles. The van der Waals surface area contributed by atoms with Crippen LogP contribution in [0.5, 0.6) is 0 Å². The zero-order chi connectivity index (χ0) is 46.2. The summed E-state index contributed by atoms with van der Waals surface area (Å²) in [6.07, 6.45) is 31.8. The van der Waals surface area contributed by atoms with E-state index in [-0.39, 0.29) is 24.3 Å². The van der Waals surface area contributed by atoms with E-state index in [0.29, 0.717) is 65.7 Å². The van der Waals surface area contributed by atoms with Gasteiger partial charge in [-0.15, -0.1) is 0 Å². The van der Waals surface area contributed by atoms with Gasteiger partial charge in [-0.2, -0.15) is 0 Å². The van der Waals surface area contributed by atoms with Crippen molar-refractivity contribution < 1.29 is 47.5 Å². The van der Waals surface area contributed by atoms with Gasteiger partial charge in [0.05, 0.1) is 77.2 Å². The molecule has 0 radical (unpaired) electrons. The maximum Gasteiger partial charge on any atom is 0.339 e. The molecule has 0 spiro atoms. The molecule has 0 bridgehead atoms. The molecule has 64 heavy (non-hydrogen) atoms. The number of unbranched alkanes of at least 4 members (excludes halogenated alkanes) is 22. The summed E-state index contributed by atoms with van der Waals surface area (Å²) in [6, 6.07) is 6.78. The van der Waals surface area contributed by atoms with E-state index < -0.39 is 24.1 Å². The third-order valence-electron chi connectivity index (χ3n) is 11.6. The first-order chi connectivity index (χ1) is 31.6. The standard InChI is InChI=1S/C54H98O10/c1-5-9-13-17-21-25-31-37-57-39-41-59-43-45-61-47-49(33-27-23-19-15-11-7-3)63-53(55)51-35-29-30-36-52(51)54(56)64-50(34-28-24-20-16-12-8-4)48-62-46-44-60-42-40-58-38-32-26-22-18-14-10-6-2/h29-30,35-36,49-50H,5-28,31-34,37-48H2,1-4H3. The molecule has 2 unspecified atom stereocenters. The van der Waals surface area contributed by atoms with Crippen LogP contribution in [-0.2, 0) is 37.9 Å². The zero-order valence-electron chi connectivity index (χ0n) is 41.8. The van der Waals surface area contributed by atoms with Crippen LogP contribution in [-0.4, -0.2) is 103 Å². The summed E-state index contributed by atoms with van der Waals surface area (Å²) in [4.78, 5) is 27.5. The minimum absolute atomic E-state index is 0.196. The molecule has 1 aromatic carbocycles. The lowest BCUT2D eigenvalue weighted by molar-refractivity contribution is -0.0284. The molecular formula is C54H98O10. The molecule has 0 saturated heterocycles. The molecule has 0 aromatic heterocycles. The van der Waals surface area contributed by atoms with Crippen LogP contribution in [0.4, 0.5) is 0 Å². The summed E-state index contributed by atoms with van der Waals surface area (Å²) >= 11 is 0. The van der Waals surface area contributed by atoms with Gasteiger partial charge in [0.2, 0.25) is 0 Å². The lowest BCUT2D eigenvalue weighted by Crippen LogP contribution is -2.28. The smallest absolute Gasteiger partial charge is 0.339 e. The van der Waals surface area contributed by atoms with Crippen molar-refractivity contribution in [3.8, 4) is 0 Å². The number of carbonyl (C=O) groups excluding carboxylic acids is 2. The number of hydrogen-bond donors (Lipinski definition) is 0. The largest absolute Gasteiger partial charge is 0.456 e. The fourth-order valence-electron chi connectivity index (χ4n) is 7.56. The topological polar surface area (TPSA) is 108 Å². The van der Waals surface area contributed by atoms with Crippen molar-refractivity contribution in [2.45, 2.75) is 220 Å². The second-order valence-electron chi connectivity index (χ2n) is 17.6. The monoisotopic (exact) mass is 907 g/mol. The van der Waals surface area contributed by atoms with E-state index in [1.54, 1.807) is 24.3 Å². The second kappa shape index (κ2) is 47.4. The van der Waals surface area contributed by atoms with Gasteiger partial charge in [-0.3, -0.25) is 0 Å². The maximum absolute atomic E-state index is 13.8. The van der Waals surface area contributed by atoms with Gasteiger partial charge in [-0.1, -0.05) is 181 Å². The van der Waals surface area contributed by atoms with Crippen LogP contribution in [0.25, 0.3) is 0 Å². The normalized spacial score (nSPS) is 12.4. The van der Waals surface area contributed by atoms with Crippen LogP contribution >= 0.6 is 0 Å². The Balaban J connectivity index is 2.64. The SMILES string of the molecule is CCCCCCCCCOCCOCCOCC(CCCCCCCC)OC(=O)c1ccccc1C(=O)OC(CCCCCCCC)COCCOCCOCCCCCCCCC. The van der Waals surface area contributed by atoms with Crippen LogP contribution in [0.3, 0.4) is 0 Å². The van der Waals surface area contributed by atoms with Gasteiger partial charge in [0.15, 0.2) is 0 Å². The van der Waals surface area contributed by atoms with E-state index in [1.807, 2.05) is 0 Å². The molecule has 0 aliphatic heterocycles. The predicted octanol–water partition coefficient (Wildman–Crippen LogP) is 13.8. The number of rotatable bonds is 50. The number of carbonyl (C=O) groups is 2. The number of hydrogen-bond acceptors (Lipinski definition) is 10. The lowest BCUT2D eigenvalue weighted by Gasteiger charge is -2.21. The molecule has 2 atom stereocenters. The summed E-state index contributed by atoms with van der Waals surface area (Å²) in [5.74, 6) is -1.09. The van der Waals surface area contributed by atoms with E-state index in [1.165, 1.54) is 116 Å². The molecule has 0 fully saturated rings. The highest BCUT2D eigenvalue weighted by Gasteiger charge is 2.25. The highest BCUT2D eigenvalue weighted by molar-refractivity contribution is 6.03. The molecule has 1 rings (SSSR count). The van der Waals surface area contributed by atoms with Crippen LogP contribution in [0, 0.1) is 0 Å². The minimum atomic E-state index is -0.547. The number of benzene rings is 1. The summed E-state index contributed by atoms with van der Waals surface area (Å²) in [5, 5.41) is 0. The highest BCUT2D eigenvalue weighted by Crippen LogP contribution is 2.19. The van der Waals surface area contributed by atoms with Gasteiger partial charge in [-0.05, 0) is 50.7 Å². The Kier molecular flexibility index (Phi) is 44.4. The van der Waals surface area contributed by atoms with E-state index in [4.69, 9.17) is 37.9 Å². The fraction of sp³-hybridized carbons (Fsp3) is 0.852. The highest BCUT2D eigenvalue weighted by atomic mass is 16.6. The van der Waals surface area contributed by atoms with Crippen LogP contribution in [0.2, 0.25) is 0 Å². The molecular weight excluding hydrogens is 809 g/mol. The first-order valence-electron chi connectivity index (χ1n) is 26.5. The van der Waals surface area contributed by atoms with Crippen molar-refractivity contribution in [3.05, 3.63) is 35.4 Å². The lowest BCUT2D eigenvalue weighted by atomic mass is 10.1. The first-order valence-corrected chi connectivity index (χ1v) is 26.5. The van der Waals surface area contributed by atoms with Crippen molar-refractivity contribution in [2.24, 2.45) is 0 Å². The van der Waals surface area contributed by atoms with Crippen LogP contribution in [0.1, 0.15) is 228 Å². The van der Waals surface area contributed by atoms with E-state index in [0.717, 1.165) is 64.6 Å². The Morgan fingerprint density at radius 1 is 0.344 bits per heavy atom. The number of ether oxygens (including phenoxy) is 8. The Morgan fingerprint density at radius 2 is 0.609 bits per heavy atom.